The van der Waals surface area contributed by atoms with E-state index in [-0.39, 0.29) is 0 Å². The minimum atomic E-state index is -0.442. The second-order valence-electron chi connectivity index (χ2n) is 5.24. The van der Waals surface area contributed by atoms with Gasteiger partial charge in [-0.05, 0) is 54.5 Å². The summed E-state index contributed by atoms with van der Waals surface area (Å²) in [5.74, 6) is 0.893. The Kier molecular flexibility index (Phi) is 6.30. The molecule has 0 N–H and O–H groups in total. The van der Waals surface area contributed by atoms with Crippen LogP contribution in [-0.2, 0) is 5.41 Å². The van der Waals surface area contributed by atoms with Crippen molar-refractivity contribution in [1.82, 2.24) is 4.98 Å². The molecule has 1 unspecified atom stereocenters. The van der Waals surface area contributed by atoms with Crippen molar-refractivity contribution in [3.05, 3.63) is 59.4 Å². The van der Waals surface area contributed by atoms with Crippen molar-refractivity contribution in [2.24, 2.45) is 0 Å². The smallest absolute Gasteiger partial charge is 0.0845 e. The maximum absolute atomic E-state index is 9.79. The topological polar surface area (TPSA) is 36.7 Å². The maximum Gasteiger partial charge on any atom is 0.0845 e. The molecule has 22 heavy (non-hydrogen) atoms. The molecule has 1 aromatic heterocycles. The Morgan fingerprint density at radius 3 is 2.59 bits per heavy atom. The Morgan fingerprint density at radius 1 is 1.23 bits per heavy atom. The van der Waals surface area contributed by atoms with Gasteiger partial charge < -0.3 is 0 Å². The molecule has 1 aromatic carbocycles. The van der Waals surface area contributed by atoms with E-state index in [4.69, 9.17) is 11.6 Å². The summed E-state index contributed by atoms with van der Waals surface area (Å²) in [7, 11) is 0. The number of pyridine rings is 1. The van der Waals surface area contributed by atoms with E-state index >= 15 is 0 Å². The molecule has 4 heteroatoms. The fourth-order valence-electron chi connectivity index (χ4n) is 2.54. The second kappa shape index (κ2) is 8.22. The molecule has 2 aromatic rings. The molecule has 0 saturated heterocycles. The van der Waals surface area contributed by atoms with E-state index in [1.807, 2.05) is 42.6 Å². The molecular weight excluding hydrogens is 312 g/mol. The van der Waals surface area contributed by atoms with Gasteiger partial charge in [0, 0.05) is 22.3 Å². The van der Waals surface area contributed by atoms with Gasteiger partial charge in [0.1, 0.15) is 0 Å². The average molecular weight is 331 g/mol. The highest BCUT2D eigenvalue weighted by Gasteiger charge is 2.31. The summed E-state index contributed by atoms with van der Waals surface area (Å²) < 4.78 is 0. The minimum absolute atomic E-state index is 0.442. The molecule has 0 aliphatic carbocycles. The molecule has 0 aliphatic rings. The highest BCUT2D eigenvalue weighted by molar-refractivity contribution is 7.99. The van der Waals surface area contributed by atoms with Crippen LogP contribution in [0.2, 0.25) is 5.02 Å². The van der Waals surface area contributed by atoms with Gasteiger partial charge >= 0.3 is 0 Å². The predicted molar refractivity (Wildman–Crippen MR) is 93.2 cm³/mol. The molecular formula is C18H19ClN2S. The van der Waals surface area contributed by atoms with Crippen LogP contribution in [0.5, 0.6) is 0 Å². The van der Waals surface area contributed by atoms with Crippen LogP contribution in [0.1, 0.15) is 31.7 Å². The summed E-state index contributed by atoms with van der Waals surface area (Å²) in [5, 5.41) is 10.5. The van der Waals surface area contributed by atoms with Gasteiger partial charge in [-0.15, -0.1) is 11.8 Å². The van der Waals surface area contributed by atoms with Gasteiger partial charge in [0.05, 0.1) is 11.5 Å². The molecule has 0 amide bonds. The molecule has 0 spiro atoms. The van der Waals surface area contributed by atoms with Crippen molar-refractivity contribution in [3.63, 3.8) is 0 Å². The molecule has 2 rings (SSSR count). The van der Waals surface area contributed by atoms with Crippen molar-refractivity contribution in [3.8, 4) is 6.07 Å². The van der Waals surface area contributed by atoms with E-state index in [9.17, 15) is 5.26 Å². The Bertz CT molecular complexity index is 622. The Balaban J connectivity index is 2.07. The largest absolute Gasteiger partial charge is 0.264 e. The van der Waals surface area contributed by atoms with Crippen LogP contribution in [-0.4, -0.2) is 10.7 Å². The number of halogens is 1. The number of thioether (sulfide) groups is 1. The molecule has 0 bridgehead atoms. The van der Waals surface area contributed by atoms with Crippen molar-refractivity contribution in [2.45, 2.75) is 36.5 Å². The zero-order valence-electron chi connectivity index (χ0n) is 12.6. The quantitative estimate of drug-likeness (QED) is 0.631. The molecule has 2 nitrogen and oxygen atoms in total. The van der Waals surface area contributed by atoms with Crippen LogP contribution >= 0.6 is 23.4 Å². The van der Waals surface area contributed by atoms with Gasteiger partial charge in [-0.3, -0.25) is 4.98 Å². The van der Waals surface area contributed by atoms with Crippen LogP contribution in [0.25, 0.3) is 0 Å². The molecule has 0 radical (unpaired) electrons. The maximum atomic E-state index is 9.79. The van der Waals surface area contributed by atoms with Gasteiger partial charge in [0.15, 0.2) is 0 Å². The van der Waals surface area contributed by atoms with Crippen molar-refractivity contribution >= 4 is 23.4 Å². The lowest BCUT2D eigenvalue weighted by atomic mass is 9.76. The number of nitrogens with zero attached hydrogens (tertiary/aromatic N) is 2. The lowest BCUT2D eigenvalue weighted by molar-refractivity contribution is 0.481. The number of rotatable bonds is 7. The van der Waals surface area contributed by atoms with Crippen LogP contribution in [0.3, 0.4) is 0 Å². The lowest BCUT2D eigenvalue weighted by Gasteiger charge is -2.26. The van der Waals surface area contributed by atoms with Gasteiger partial charge in [0.25, 0.3) is 0 Å². The Hall–Kier alpha value is -1.50. The van der Waals surface area contributed by atoms with Gasteiger partial charge in [0.2, 0.25) is 0 Å². The molecule has 0 saturated carbocycles. The first-order chi connectivity index (χ1) is 10.7. The highest BCUT2D eigenvalue weighted by atomic mass is 35.5. The summed E-state index contributed by atoms with van der Waals surface area (Å²) in [5.41, 5.74) is 0.582. The Labute approximate surface area is 141 Å². The fraction of sp³-hybridized carbons (Fsp3) is 0.333. The first-order valence-corrected chi connectivity index (χ1v) is 8.76. The molecule has 0 fully saturated rings. The number of nitriles is 1. The van der Waals surface area contributed by atoms with E-state index in [2.05, 4.69) is 18.0 Å². The number of hydrogen-bond donors (Lipinski definition) is 0. The third-order valence-electron chi connectivity index (χ3n) is 3.72. The van der Waals surface area contributed by atoms with Crippen LogP contribution in [0, 0.1) is 11.3 Å². The normalized spacial score (nSPS) is 13.3. The predicted octanol–water partition coefficient (Wildman–Crippen LogP) is 5.48. The van der Waals surface area contributed by atoms with E-state index in [0.717, 1.165) is 35.6 Å². The van der Waals surface area contributed by atoms with Gasteiger partial charge in [-0.25, -0.2) is 0 Å². The summed E-state index contributed by atoms with van der Waals surface area (Å²) in [6, 6.07) is 14.3. The summed E-state index contributed by atoms with van der Waals surface area (Å²) in [6.07, 6.45) is 6.23. The van der Waals surface area contributed by atoms with Crippen LogP contribution in [0.4, 0.5) is 0 Å². The van der Waals surface area contributed by atoms with Crippen molar-refractivity contribution in [2.75, 3.05) is 5.75 Å². The van der Waals surface area contributed by atoms with E-state index < -0.39 is 5.41 Å². The summed E-state index contributed by atoms with van der Waals surface area (Å²) in [4.78, 5) is 5.36. The Morgan fingerprint density at radius 2 is 2.00 bits per heavy atom. The molecule has 1 atom stereocenters. The zero-order chi connectivity index (χ0) is 15.8. The van der Waals surface area contributed by atoms with Crippen molar-refractivity contribution < 1.29 is 0 Å². The zero-order valence-corrected chi connectivity index (χ0v) is 14.2. The van der Waals surface area contributed by atoms with Crippen molar-refractivity contribution in [1.29, 1.82) is 5.26 Å². The SMILES string of the molecule is CCCC(C#N)(CCSc1ccc(Cl)cc1)c1cccnc1. The first-order valence-electron chi connectivity index (χ1n) is 7.40. The number of hydrogen-bond acceptors (Lipinski definition) is 3. The highest BCUT2D eigenvalue weighted by Crippen LogP contribution is 2.34. The van der Waals surface area contributed by atoms with Crippen LogP contribution < -0.4 is 0 Å². The minimum Gasteiger partial charge on any atom is -0.264 e. The van der Waals surface area contributed by atoms with Gasteiger partial charge in [-0.1, -0.05) is 31.0 Å². The van der Waals surface area contributed by atoms with E-state index in [1.165, 1.54) is 4.90 Å². The van der Waals surface area contributed by atoms with E-state index in [0.29, 0.717) is 0 Å². The monoisotopic (exact) mass is 330 g/mol. The van der Waals surface area contributed by atoms with E-state index in [1.54, 1.807) is 18.0 Å². The third kappa shape index (κ3) is 4.25. The first kappa shape index (κ1) is 16.9. The second-order valence-corrected chi connectivity index (χ2v) is 6.84. The summed E-state index contributed by atoms with van der Waals surface area (Å²) >= 11 is 7.66. The van der Waals surface area contributed by atoms with Crippen LogP contribution in [0.15, 0.2) is 53.7 Å². The standard InChI is InChI=1S/C18H19ClN2S/c1-2-9-18(14-20,15-4-3-11-21-13-15)10-12-22-17-7-5-16(19)6-8-17/h3-8,11,13H,2,9-10,12H2,1H3. The number of benzene rings is 1. The molecule has 114 valence electrons. The number of aromatic nitrogens is 1. The lowest BCUT2D eigenvalue weighted by Crippen LogP contribution is -2.25. The third-order valence-corrected chi connectivity index (χ3v) is 4.98. The molecule has 0 aliphatic heterocycles. The summed E-state index contributed by atoms with van der Waals surface area (Å²) in [6.45, 7) is 2.12. The average Bonchev–Trinajstić information content (AvgIpc) is 2.56. The van der Waals surface area contributed by atoms with Gasteiger partial charge in [-0.2, -0.15) is 5.26 Å². The fourth-order valence-corrected chi connectivity index (χ4v) is 3.68. The molecule has 1 heterocycles.